The van der Waals surface area contributed by atoms with E-state index in [1.165, 1.54) is 21.2 Å². The van der Waals surface area contributed by atoms with Gasteiger partial charge in [-0.3, -0.25) is 0 Å². The average molecular weight is 644 g/mol. The highest BCUT2D eigenvalue weighted by molar-refractivity contribution is 7.21. The monoisotopic (exact) mass is 643 g/mol. The quantitative estimate of drug-likeness (QED) is 0.181. The van der Waals surface area contributed by atoms with Gasteiger partial charge in [-0.05, 0) is 51.7 Å². The van der Waals surface area contributed by atoms with Crippen molar-refractivity contribution in [1.82, 2.24) is 15.0 Å². The van der Waals surface area contributed by atoms with Crippen molar-refractivity contribution in [1.29, 1.82) is 0 Å². The van der Waals surface area contributed by atoms with Crippen LogP contribution in [0.4, 0.5) is 0 Å². The topological polar surface area (TPSA) is 38.7 Å². The second-order valence-electron chi connectivity index (χ2n) is 12.1. The predicted octanol–water partition coefficient (Wildman–Crippen LogP) is 12.2. The minimum atomic E-state index is 0.710. The molecule has 0 radical (unpaired) electrons. The van der Waals surface area contributed by atoms with E-state index < -0.39 is 0 Å². The van der Waals surface area contributed by atoms with Crippen LogP contribution in [-0.4, -0.2) is 15.0 Å². The Labute approximate surface area is 288 Å². The number of benzene rings is 7. The van der Waals surface area contributed by atoms with Crippen LogP contribution in [0, 0.1) is 0 Å². The Morgan fingerprint density at radius 2 is 0.878 bits per heavy atom. The van der Waals surface area contributed by atoms with Crippen molar-refractivity contribution in [3.8, 4) is 66.7 Å². The van der Waals surface area contributed by atoms with Crippen molar-refractivity contribution in [2.45, 2.75) is 0 Å². The van der Waals surface area contributed by atoms with Crippen LogP contribution < -0.4 is 0 Å². The van der Waals surface area contributed by atoms with Gasteiger partial charge in [0.1, 0.15) is 5.01 Å². The molecule has 0 saturated heterocycles. The molecule has 0 spiro atoms. The van der Waals surface area contributed by atoms with Gasteiger partial charge in [0.25, 0.3) is 0 Å². The maximum Gasteiger partial charge on any atom is 0.160 e. The maximum atomic E-state index is 5.08. The van der Waals surface area contributed by atoms with E-state index in [0.717, 1.165) is 60.7 Å². The molecule has 0 aliphatic rings. The van der Waals surface area contributed by atoms with Crippen molar-refractivity contribution < 1.29 is 0 Å². The molecule has 0 unspecified atom stereocenters. The fourth-order valence-electron chi connectivity index (χ4n) is 6.38. The first kappa shape index (κ1) is 29.0. The number of hydrogen-bond acceptors (Lipinski definition) is 4. The van der Waals surface area contributed by atoms with E-state index in [1.54, 1.807) is 11.3 Å². The summed E-state index contributed by atoms with van der Waals surface area (Å²) in [7, 11) is 0. The molecule has 0 amide bonds. The summed E-state index contributed by atoms with van der Waals surface area (Å²) in [6.45, 7) is 0. The van der Waals surface area contributed by atoms with E-state index in [-0.39, 0.29) is 0 Å². The standard InChI is InChI=1S/C45H29N3S/c1-4-11-30(12-5-1)31-19-21-32(22-20-31)40-29-41(47-44(46-40)33-13-6-2-7-14-33)38-26-24-35-27-37(25-23-36(35)28-38)39-17-10-18-42-43(39)48-45(49-42)34-15-8-3-9-16-34/h1-29H. The molecule has 49 heavy (non-hydrogen) atoms. The molecule has 3 nitrogen and oxygen atoms in total. The van der Waals surface area contributed by atoms with Crippen LogP contribution in [0.1, 0.15) is 0 Å². The molecule has 0 fully saturated rings. The molecule has 0 saturated carbocycles. The highest BCUT2D eigenvalue weighted by Crippen LogP contribution is 2.37. The van der Waals surface area contributed by atoms with Gasteiger partial charge in [-0.1, -0.05) is 152 Å². The zero-order valence-corrected chi connectivity index (χ0v) is 27.3. The smallest absolute Gasteiger partial charge is 0.160 e. The van der Waals surface area contributed by atoms with Crippen molar-refractivity contribution in [2.75, 3.05) is 0 Å². The van der Waals surface area contributed by atoms with E-state index in [1.807, 2.05) is 30.3 Å². The fraction of sp³-hybridized carbons (Fsp3) is 0. The van der Waals surface area contributed by atoms with Crippen molar-refractivity contribution in [3.63, 3.8) is 0 Å². The lowest BCUT2D eigenvalue weighted by molar-refractivity contribution is 1.18. The molecule has 0 atom stereocenters. The normalized spacial score (nSPS) is 11.3. The van der Waals surface area contributed by atoms with E-state index in [9.17, 15) is 0 Å². The fourth-order valence-corrected chi connectivity index (χ4v) is 7.38. The van der Waals surface area contributed by atoms with E-state index >= 15 is 0 Å². The Balaban J connectivity index is 1.10. The van der Waals surface area contributed by atoms with E-state index in [2.05, 4.69) is 146 Å². The number of aromatic nitrogens is 3. The summed E-state index contributed by atoms with van der Waals surface area (Å²) < 4.78 is 1.19. The highest BCUT2D eigenvalue weighted by Gasteiger charge is 2.14. The Hall–Kier alpha value is -6.23. The second-order valence-corrected chi connectivity index (χ2v) is 13.1. The summed E-state index contributed by atoms with van der Waals surface area (Å²) in [5.41, 5.74) is 11.7. The molecule has 9 aromatic rings. The van der Waals surface area contributed by atoms with Gasteiger partial charge in [0.05, 0.1) is 21.6 Å². The van der Waals surface area contributed by atoms with Crippen molar-refractivity contribution in [3.05, 3.63) is 176 Å². The minimum Gasteiger partial charge on any atom is -0.235 e. The number of hydrogen-bond donors (Lipinski definition) is 0. The zero-order valence-electron chi connectivity index (χ0n) is 26.5. The van der Waals surface area contributed by atoms with Gasteiger partial charge in [0, 0.05) is 27.8 Å². The summed E-state index contributed by atoms with van der Waals surface area (Å²) >= 11 is 1.74. The molecule has 9 rings (SSSR count). The predicted molar refractivity (Wildman–Crippen MR) is 205 cm³/mol. The first-order chi connectivity index (χ1) is 24.2. The molecule has 0 aliphatic heterocycles. The Morgan fingerprint density at radius 3 is 1.57 bits per heavy atom. The van der Waals surface area contributed by atoms with Gasteiger partial charge in [-0.15, -0.1) is 11.3 Å². The van der Waals surface area contributed by atoms with Crippen molar-refractivity contribution in [2.24, 2.45) is 0 Å². The summed E-state index contributed by atoms with van der Waals surface area (Å²) in [5, 5.41) is 3.37. The molecule has 230 valence electrons. The molecule has 0 N–H and O–H groups in total. The van der Waals surface area contributed by atoms with Crippen LogP contribution in [-0.2, 0) is 0 Å². The lowest BCUT2D eigenvalue weighted by Crippen LogP contribution is -1.96. The van der Waals surface area contributed by atoms with Gasteiger partial charge in [0.2, 0.25) is 0 Å². The van der Waals surface area contributed by atoms with Crippen LogP contribution in [0.25, 0.3) is 87.7 Å². The SMILES string of the molecule is c1ccc(-c2ccc(-c3cc(-c4ccc5cc(-c6cccc7sc(-c8ccccc8)nc67)ccc5c4)nc(-c4ccccc4)n3)cc2)cc1. The van der Waals surface area contributed by atoms with Crippen LogP contribution in [0.2, 0.25) is 0 Å². The Kier molecular flexibility index (Phi) is 7.34. The molecule has 4 heteroatoms. The molecule has 7 aromatic carbocycles. The summed E-state index contributed by atoms with van der Waals surface area (Å²) in [5.74, 6) is 0.710. The van der Waals surface area contributed by atoms with Gasteiger partial charge in [-0.2, -0.15) is 0 Å². The highest BCUT2D eigenvalue weighted by atomic mass is 32.1. The van der Waals surface area contributed by atoms with Crippen LogP contribution >= 0.6 is 11.3 Å². The first-order valence-electron chi connectivity index (χ1n) is 16.4. The number of para-hydroxylation sites is 1. The second kappa shape index (κ2) is 12.4. The molecule has 2 aromatic heterocycles. The third-order valence-electron chi connectivity index (χ3n) is 8.93. The lowest BCUT2D eigenvalue weighted by Gasteiger charge is -2.11. The Bertz CT molecular complexity index is 2580. The molecule has 2 heterocycles. The lowest BCUT2D eigenvalue weighted by atomic mass is 9.98. The number of fused-ring (bicyclic) bond motifs is 2. The van der Waals surface area contributed by atoms with Gasteiger partial charge < -0.3 is 0 Å². The minimum absolute atomic E-state index is 0.710. The summed E-state index contributed by atoms with van der Waals surface area (Å²) in [6.07, 6.45) is 0. The van der Waals surface area contributed by atoms with E-state index in [0.29, 0.717) is 5.82 Å². The third-order valence-corrected chi connectivity index (χ3v) is 10.0. The number of thiazole rings is 1. The van der Waals surface area contributed by atoms with Crippen molar-refractivity contribution >= 4 is 32.3 Å². The third kappa shape index (κ3) is 5.69. The maximum absolute atomic E-state index is 5.08. The molecular weight excluding hydrogens is 615 g/mol. The molecule has 0 aliphatic carbocycles. The zero-order chi connectivity index (χ0) is 32.6. The van der Waals surface area contributed by atoms with Gasteiger partial charge in [-0.25, -0.2) is 15.0 Å². The van der Waals surface area contributed by atoms with Gasteiger partial charge >= 0.3 is 0 Å². The van der Waals surface area contributed by atoms with Crippen LogP contribution in [0.5, 0.6) is 0 Å². The number of nitrogens with zero attached hydrogens (tertiary/aromatic N) is 3. The first-order valence-corrected chi connectivity index (χ1v) is 17.2. The molecule has 0 bridgehead atoms. The molecular formula is C45H29N3S. The number of rotatable bonds is 6. The summed E-state index contributed by atoms with van der Waals surface area (Å²) in [6, 6.07) is 61.5. The summed E-state index contributed by atoms with van der Waals surface area (Å²) in [4.78, 5) is 15.2. The van der Waals surface area contributed by atoms with Crippen LogP contribution in [0.15, 0.2) is 176 Å². The average Bonchev–Trinajstić information content (AvgIpc) is 3.63. The Morgan fingerprint density at radius 1 is 0.347 bits per heavy atom. The van der Waals surface area contributed by atoms with E-state index in [4.69, 9.17) is 15.0 Å². The van der Waals surface area contributed by atoms with Crippen LogP contribution in [0.3, 0.4) is 0 Å². The van der Waals surface area contributed by atoms with Gasteiger partial charge in [0.15, 0.2) is 5.82 Å². The largest absolute Gasteiger partial charge is 0.235 e.